The molecule has 1 aliphatic rings. The number of amides is 1. The Kier molecular flexibility index (Phi) is 4.57. The van der Waals surface area contributed by atoms with Crippen LogP contribution in [0, 0.1) is 0 Å². The van der Waals surface area contributed by atoms with Gasteiger partial charge >= 0.3 is 5.97 Å². The van der Waals surface area contributed by atoms with Gasteiger partial charge in [0, 0.05) is 11.0 Å². The predicted molar refractivity (Wildman–Crippen MR) is 92.2 cm³/mol. The largest absolute Gasteiger partial charge is 0.497 e. The first-order valence-electron chi connectivity index (χ1n) is 7.25. The number of carbonyl (C=O) groups excluding carboxylic acids is 1. The van der Waals surface area contributed by atoms with Crippen LogP contribution in [0.3, 0.4) is 0 Å². The summed E-state index contributed by atoms with van der Waals surface area (Å²) in [6.07, 6.45) is 0.962. The standard InChI is InChI=1S/C18H15NO4S/c1-23-13-8-6-12(7-9-13)11-19-14-4-2-3-5-15(14)24-16(18(19)22)10-17(20)21/h2-10H,11H2,1H3,(H,20,21)/b16-10-. The average Bonchev–Trinajstić information content (AvgIpc) is 2.58. The van der Waals surface area contributed by atoms with Crippen molar-refractivity contribution < 1.29 is 19.4 Å². The number of thioether (sulfide) groups is 1. The summed E-state index contributed by atoms with van der Waals surface area (Å²) in [5, 5.41) is 8.99. The molecule has 122 valence electrons. The van der Waals surface area contributed by atoms with Gasteiger partial charge in [0.05, 0.1) is 24.2 Å². The number of para-hydroxylation sites is 1. The Hall–Kier alpha value is -2.73. The smallest absolute Gasteiger partial charge is 0.329 e. The summed E-state index contributed by atoms with van der Waals surface area (Å²) in [4.78, 5) is 26.3. The predicted octanol–water partition coefficient (Wildman–Crippen LogP) is 3.30. The second kappa shape index (κ2) is 6.80. The zero-order valence-electron chi connectivity index (χ0n) is 12.9. The van der Waals surface area contributed by atoms with Gasteiger partial charge in [0.25, 0.3) is 5.91 Å². The van der Waals surface area contributed by atoms with Crippen LogP contribution >= 0.6 is 11.8 Å². The molecule has 0 saturated carbocycles. The van der Waals surface area contributed by atoms with Gasteiger partial charge in [-0.1, -0.05) is 36.0 Å². The SMILES string of the molecule is COc1ccc(CN2C(=O)/C(=C/C(=O)O)Sc3ccccc32)cc1. The topological polar surface area (TPSA) is 66.8 Å². The van der Waals surface area contributed by atoms with Crippen LogP contribution in [0.1, 0.15) is 5.56 Å². The molecule has 0 aliphatic carbocycles. The molecule has 0 radical (unpaired) electrons. The van der Waals surface area contributed by atoms with E-state index < -0.39 is 5.97 Å². The van der Waals surface area contributed by atoms with Gasteiger partial charge in [0.1, 0.15) is 5.75 Å². The van der Waals surface area contributed by atoms with Crippen LogP contribution < -0.4 is 9.64 Å². The van der Waals surface area contributed by atoms with Gasteiger partial charge in [-0.25, -0.2) is 4.79 Å². The van der Waals surface area contributed by atoms with E-state index in [0.717, 1.165) is 28.0 Å². The number of nitrogens with zero attached hydrogens (tertiary/aromatic N) is 1. The van der Waals surface area contributed by atoms with Crippen LogP contribution in [0.15, 0.2) is 64.4 Å². The summed E-state index contributed by atoms with van der Waals surface area (Å²) >= 11 is 1.18. The van der Waals surface area contributed by atoms with Crippen LogP contribution in [0.4, 0.5) is 5.69 Å². The highest BCUT2D eigenvalue weighted by Gasteiger charge is 2.29. The number of benzene rings is 2. The molecule has 0 unspecified atom stereocenters. The fourth-order valence-electron chi connectivity index (χ4n) is 2.44. The maximum atomic E-state index is 12.7. The van der Waals surface area contributed by atoms with Crippen molar-refractivity contribution in [3.63, 3.8) is 0 Å². The zero-order chi connectivity index (χ0) is 17.1. The van der Waals surface area contributed by atoms with E-state index in [-0.39, 0.29) is 10.8 Å². The van der Waals surface area contributed by atoms with Gasteiger partial charge in [-0.15, -0.1) is 0 Å². The minimum Gasteiger partial charge on any atom is -0.497 e. The number of ether oxygens (including phenoxy) is 1. The highest BCUT2D eigenvalue weighted by molar-refractivity contribution is 8.04. The summed E-state index contributed by atoms with van der Waals surface area (Å²) in [5.41, 5.74) is 1.71. The van der Waals surface area contributed by atoms with Crippen molar-refractivity contribution in [3.8, 4) is 5.75 Å². The lowest BCUT2D eigenvalue weighted by Crippen LogP contribution is -2.34. The molecule has 1 N–H and O–H groups in total. The second-order valence-electron chi connectivity index (χ2n) is 5.16. The Morgan fingerprint density at radius 2 is 1.92 bits per heavy atom. The lowest BCUT2D eigenvalue weighted by molar-refractivity contribution is -0.131. The van der Waals surface area contributed by atoms with Crippen molar-refractivity contribution in [1.82, 2.24) is 0 Å². The molecule has 0 fully saturated rings. The van der Waals surface area contributed by atoms with Crippen molar-refractivity contribution in [1.29, 1.82) is 0 Å². The fraction of sp³-hybridized carbons (Fsp3) is 0.111. The first-order valence-corrected chi connectivity index (χ1v) is 8.06. The molecule has 6 heteroatoms. The molecule has 1 aliphatic heterocycles. The molecule has 1 heterocycles. The lowest BCUT2D eigenvalue weighted by Gasteiger charge is -2.30. The second-order valence-corrected chi connectivity index (χ2v) is 6.24. The molecule has 2 aromatic carbocycles. The highest BCUT2D eigenvalue weighted by Crippen LogP contribution is 2.41. The molecule has 0 aromatic heterocycles. The van der Waals surface area contributed by atoms with Crippen molar-refractivity contribution >= 4 is 29.3 Å². The number of carboxylic acids is 1. The van der Waals surface area contributed by atoms with Crippen molar-refractivity contribution in [2.45, 2.75) is 11.4 Å². The number of rotatable bonds is 4. The minimum atomic E-state index is -1.13. The normalized spacial score (nSPS) is 15.3. The third-order valence-electron chi connectivity index (χ3n) is 3.59. The molecule has 3 rings (SSSR count). The maximum Gasteiger partial charge on any atom is 0.329 e. The van der Waals surface area contributed by atoms with Gasteiger partial charge in [-0.3, -0.25) is 4.79 Å². The molecule has 24 heavy (non-hydrogen) atoms. The summed E-state index contributed by atoms with van der Waals surface area (Å²) in [5.74, 6) is -0.697. The molecule has 0 bridgehead atoms. The molecule has 5 nitrogen and oxygen atoms in total. The summed E-state index contributed by atoms with van der Waals surface area (Å²) in [6, 6.07) is 14.9. The number of hydrogen-bond donors (Lipinski definition) is 1. The van der Waals surface area contributed by atoms with Crippen LogP contribution in [0.2, 0.25) is 0 Å². The number of aliphatic carboxylic acids is 1. The quantitative estimate of drug-likeness (QED) is 0.864. The first-order chi connectivity index (χ1) is 11.6. The average molecular weight is 341 g/mol. The monoisotopic (exact) mass is 341 g/mol. The number of hydrogen-bond acceptors (Lipinski definition) is 4. The van der Waals surface area contributed by atoms with Gasteiger partial charge in [-0.2, -0.15) is 0 Å². The van der Waals surface area contributed by atoms with Crippen molar-refractivity contribution in [3.05, 3.63) is 65.1 Å². The third-order valence-corrected chi connectivity index (χ3v) is 4.66. The van der Waals surface area contributed by atoms with E-state index >= 15 is 0 Å². The van der Waals surface area contributed by atoms with Crippen molar-refractivity contribution in [2.75, 3.05) is 12.0 Å². The lowest BCUT2D eigenvalue weighted by atomic mass is 10.1. The van der Waals surface area contributed by atoms with Crippen LogP contribution in [-0.2, 0) is 16.1 Å². The van der Waals surface area contributed by atoms with Gasteiger partial charge < -0.3 is 14.7 Å². The molecular formula is C18H15NO4S. The van der Waals surface area contributed by atoms with Gasteiger partial charge in [-0.05, 0) is 29.8 Å². The molecule has 0 spiro atoms. The fourth-order valence-corrected chi connectivity index (χ4v) is 3.47. The van der Waals surface area contributed by atoms with Crippen molar-refractivity contribution in [2.24, 2.45) is 0 Å². The molecule has 1 amide bonds. The third kappa shape index (κ3) is 3.28. The zero-order valence-corrected chi connectivity index (χ0v) is 13.7. The minimum absolute atomic E-state index is 0.203. The van der Waals surface area contributed by atoms with Crippen LogP contribution in [0.5, 0.6) is 5.75 Å². The van der Waals surface area contributed by atoms with Crippen LogP contribution in [-0.4, -0.2) is 24.1 Å². The Balaban J connectivity index is 1.97. The van der Waals surface area contributed by atoms with Gasteiger partial charge in [0.2, 0.25) is 0 Å². The Morgan fingerprint density at radius 3 is 2.58 bits per heavy atom. The number of fused-ring (bicyclic) bond motifs is 1. The van der Waals surface area contributed by atoms with E-state index in [1.165, 1.54) is 11.8 Å². The first kappa shape index (κ1) is 16.1. The molecule has 0 atom stereocenters. The van der Waals surface area contributed by atoms with E-state index in [9.17, 15) is 9.59 Å². The maximum absolute atomic E-state index is 12.7. The molecule has 0 saturated heterocycles. The highest BCUT2D eigenvalue weighted by atomic mass is 32.2. The van der Waals surface area contributed by atoms with E-state index in [0.29, 0.717) is 6.54 Å². The van der Waals surface area contributed by atoms with Gasteiger partial charge in [0.15, 0.2) is 0 Å². The number of carboxylic acid groups (broad SMARTS) is 1. The van der Waals surface area contributed by atoms with E-state index in [1.807, 2.05) is 48.5 Å². The molecule has 2 aromatic rings. The Bertz CT molecular complexity index is 814. The van der Waals surface area contributed by atoms with Crippen LogP contribution in [0.25, 0.3) is 0 Å². The summed E-state index contributed by atoms with van der Waals surface area (Å²) in [7, 11) is 1.60. The number of anilines is 1. The number of carbonyl (C=O) groups is 2. The molecular weight excluding hydrogens is 326 g/mol. The Labute approximate surface area is 143 Å². The van der Waals surface area contributed by atoms with E-state index in [4.69, 9.17) is 9.84 Å². The summed E-state index contributed by atoms with van der Waals surface area (Å²) in [6.45, 7) is 0.358. The number of methoxy groups -OCH3 is 1. The van der Waals surface area contributed by atoms with E-state index in [1.54, 1.807) is 12.0 Å². The summed E-state index contributed by atoms with van der Waals surface area (Å²) < 4.78 is 5.14. The van der Waals surface area contributed by atoms with E-state index in [2.05, 4.69) is 0 Å². The Morgan fingerprint density at radius 1 is 1.21 bits per heavy atom.